The van der Waals surface area contributed by atoms with Crippen LogP contribution in [0.4, 0.5) is 10.1 Å². The van der Waals surface area contributed by atoms with Crippen LogP contribution in [0.3, 0.4) is 0 Å². The topological polar surface area (TPSA) is 66.4 Å². The summed E-state index contributed by atoms with van der Waals surface area (Å²) in [5.41, 5.74) is 1.58. The van der Waals surface area contributed by atoms with Crippen molar-refractivity contribution in [2.45, 2.75) is 38.5 Å². The van der Waals surface area contributed by atoms with Gasteiger partial charge in [0.2, 0.25) is 5.91 Å². The molecule has 0 saturated carbocycles. The van der Waals surface area contributed by atoms with E-state index in [1.165, 1.54) is 18.6 Å². The Bertz CT molecular complexity index is 581. The van der Waals surface area contributed by atoms with Crippen molar-refractivity contribution in [1.29, 1.82) is 0 Å². The summed E-state index contributed by atoms with van der Waals surface area (Å²) in [6.45, 7) is 0. The van der Waals surface area contributed by atoms with Crippen LogP contribution in [0, 0.1) is 5.82 Å². The molecule has 0 spiro atoms. The van der Waals surface area contributed by atoms with Crippen LogP contribution in [-0.2, 0) is 16.0 Å². The van der Waals surface area contributed by atoms with E-state index in [0.29, 0.717) is 12.1 Å². The molecule has 0 radical (unpaired) electrons. The highest BCUT2D eigenvalue weighted by Crippen LogP contribution is 2.21. The average Bonchev–Trinajstić information content (AvgIpc) is 2.42. The van der Waals surface area contributed by atoms with E-state index in [-0.39, 0.29) is 17.9 Å². The maximum atomic E-state index is 13.7. The largest absolute Gasteiger partial charge is 0.481 e. The molecule has 1 aromatic carbocycles. The number of rotatable bonds is 5. The van der Waals surface area contributed by atoms with Gasteiger partial charge in [-0.15, -0.1) is 0 Å². The summed E-state index contributed by atoms with van der Waals surface area (Å²) in [5, 5.41) is 11.3. The van der Waals surface area contributed by atoms with Gasteiger partial charge in [-0.3, -0.25) is 9.59 Å². The number of halogens is 1. The third-order valence-corrected chi connectivity index (χ3v) is 3.45. The number of anilines is 1. The molecule has 1 aliphatic rings. The second-order valence-electron chi connectivity index (χ2n) is 5.21. The van der Waals surface area contributed by atoms with E-state index in [1.54, 1.807) is 0 Å². The first-order chi connectivity index (χ1) is 10.0. The van der Waals surface area contributed by atoms with Crippen molar-refractivity contribution in [3.05, 3.63) is 41.2 Å². The molecule has 1 aromatic rings. The number of nitrogens with one attached hydrogen (secondary N) is 1. The SMILES string of the molecule is O=C(O)Cc1ccc(NC(=O)CC2=CCCCC2)cc1F. The lowest BCUT2D eigenvalue weighted by Gasteiger charge is -2.13. The minimum absolute atomic E-state index is 0.107. The molecule has 0 bridgehead atoms. The Balaban J connectivity index is 1.96. The van der Waals surface area contributed by atoms with Gasteiger partial charge in [0, 0.05) is 12.1 Å². The molecule has 21 heavy (non-hydrogen) atoms. The van der Waals surface area contributed by atoms with Crippen LogP contribution in [0.1, 0.15) is 37.7 Å². The molecule has 0 atom stereocenters. The number of carbonyl (C=O) groups excluding carboxylic acids is 1. The van der Waals surface area contributed by atoms with Crippen molar-refractivity contribution < 1.29 is 19.1 Å². The summed E-state index contributed by atoms with van der Waals surface area (Å²) in [5.74, 6) is -1.88. The first-order valence-electron chi connectivity index (χ1n) is 7.02. The summed E-state index contributed by atoms with van der Waals surface area (Å²) >= 11 is 0. The molecular weight excluding hydrogens is 273 g/mol. The Morgan fingerprint density at radius 3 is 2.67 bits per heavy atom. The van der Waals surface area contributed by atoms with Crippen molar-refractivity contribution in [2.24, 2.45) is 0 Å². The van der Waals surface area contributed by atoms with Gasteiger partial charge in [-0.25, -0.2) is 4.39 Å². The molecule has 0 unspecified atom stereocenters. The van der Waals surface area contributed by atoms with Crippen LogP contribution in [0.15, 0.2) is 29.8 Å². The quantitative estimate of drug-likeness (QED) is 0.818. The van der Waals surface area contributed by atoms with Gasteiger partial charge in [0.1, 0.15) is 5.82 Å². The highest BCUT2D eigenvalue weighted by molar-refractivity contribution is 5.92. The molecule has 0 heterocycles. The first kappa shape index (κ1) is 15.2. The smallest absolute Gasteiger partial charge is 0.307 e. The van der Waals surface area contributed by atoms with Crippen molar-refractivity contribution in [3.63, 3.8) is 0 Å². The van der Waals surface area contributed by atoms with Gasteiger partial charge >= 0.3 is 5.97 Å². The Morgan fingerprint density at radius 1 is 1.24 bits per heavy atom. The zero-order valence-corrected chi connectivity index (χ0v) is 11.7. The van der Waals surface area contributed by atoms with Gasteiger partial charge in [0.15, 0.2) is 0 Å². The average molecular weight is 291 g/mol. The second kappa shape index (κ2) is 7.02. The molecule has 1 amide bonds. The van der Waals surface area contributed by atoms with Gasteiger partial charge in [-0.2, -0.15) is 0 Å². The standard InChI is InChI=1S/C16H18FNO3/c17-14-10-13(7-6-12(14)9-16(20)21)18-15(19)8-11-4-2-1-3-5-11/h4,6-7,10H,1-3,5,8-9H2,(H,18,19)(H,20,21). The van der Waals surface area contributed by atoms with Crippen LogP contribution < -0.4 is 5.32 Å². The lowest BCUT2D eigenvalue weighted by molar-refractivity contribution is -0.136. The van der Waals surface area contributed by atoms with Gasteiger partial charge in [-0.1, -0.05) is 17.7 Å². The van der Waals surface area contributed by atoms with Gasteiger partial charge in [0.05, 0.1) is 6.42 Å². The fourth-order valence-electron chi connectivity index (χ4n) is 2.41. The van der Waals surface area contributed by atoms with E-state index < -0.39 is 11.8 Å². The van der Waals surface area contributed by atoms with Crippen LogP contribution in [0.2, 0.25) is 0 Å². The van der Waals surface area contributed by atoms with E-state index in [9.17, 15) is 14.0 Å². The molecule has 0 saturated heterocycles. The summed E-state index contributed by atoms with van der Waals surface area (Å²) in [7, 11) is 0. The number of hydrogen-bond acceptors (Lipinski definition) is 2. The van der Waals surface area contributed by atoms with Crippen molar-refractivity contribution in [2.75, 3.05) is 5.32 Å². The predicted molar refractivity (Wildman–Crippen MR) is 77.5 cm³/mol. The number of carbonyl (C=O) groups is 2. The lowest BCUT2D eigenvalue weighted by atomic mass is 9.97. The Labute approximate surface area is 122 Å². The zero-order valence-electron chi connectivity index (χ0n) is 11.7. The highest BCUT2D eigenvalue weighted by Gasteiger charge is 2.11. The molecule has 1 aliphatic carbocycles. The second-order valence-corrected chi connectivity index (χ2v) is 5.21. The molecule has 0 aliphatic heterocycles. The van der Waals surface area contributed by atoms with E-state index in [2.05, 4.69) is 11.4 Å². The molecule has 5 heteroatoms. The maximum absolute atomic E-state index is 13.7. The molecule has 2 rings (SSSR count). The fourth-order valence-corrected chi connectivity index (χ4v) is 2.41. The third-order valence-electron chi connectivity index (χ3n) is 3.45. The molecule has 2 N–H and O–H groups in total. The molecule has 112 valence electrons. The van der Waals surface area contributed by atoms with Crippen LogP contribution in [-0.4, -0.2) is 17.0 Å². The Hall–Kier alpha value is -2.17. The minimum Gasteiger partial charge on any atom is -0.481 e. The fraction of sp³-hybridized carbons (Fsp3) is 0.375. The highest BCUT2D eigenvalue weighted by atomic mass is 19.1. The van der Waals surface area contributed by atoms with Crippen LogP contribution >= 0.6 is 0 Å². The van der Waals surface area contributed by atoms with E-state index in [4.69, 9.17) is 5.11 Å². The minimum atomic E-state index is -1.09. The maximum Gasteiger partial charge on any atom is 0.307 e. The number of hydrogen-bond donors (Lipinski definition) is 2. The first-order valence-corrected chi connectivity index (χ1v) is 7.02. The number of carboxylic acids is 1. The number of aliphatic carboxylic acids is 1. The number of carboxylic acid groups (broad SMARTS) is 1. The van der Waals surface area contributed by atoms with E-state index >= 15 is 0 Å². The monoisotopic (exact) mass is 291 g/mol. The summed E-state index contributed by atoms with van der Waals surface area (Å²) in [6, 6.07) is 4.07. The van der Waals surface area contributed by atoms with E-state index in [1.807, 2.05) is 0 Å². The summed E-state index contributed by atoms with van der Waals surface area (Å²) in [4.78, 5) is 22.4. The van der Waals surface area contributed by atoms with Gasteiger partial charge in [0.25, 0.3) is 0 Å². The summed E-state index contributed by atoms with van der Waals surface area (Å²) in [6.07, 6.45) is 6.30. The molecule has 0 aromatic heterocycles. The molecule has 4 nitrogen and oxygen atoms in total. The lowest BCUT2D eigenvalue weighted by Crippen LogP contribution is -2.13. The summed E-state index contributed by atoms with van der Waals surface area (Å²) < 4.78 is 13.7. The van der Waals surface area contributed by atoms with Crippen molar-refractivity contribution >= 4 is 17.6 Å². The predicted octanol–water partition coefficient (Wildman–Crippen LogP) is 3.28. The molecule has 0 fully saturated rings. The van der Waals surface area contributed by atoms with Gasteiger partial charge < -0.3 is 10.4 Å². The van der Waals surface area contributed by atoms with Crippen LogP contribution in [0.25, 0.3) is 0 Å². The van der Waals surface area contributed by atoms with Crippen LogP contribution in [0.5, 0.6) is 0 Å². The Kier molecular flexibility index (Phi) is 5.09. The zero-order chi connectivity index (χ0) is 15.2. The Morgan fingerprint density at radius 2 is 2.05 bits per heavy atom. The number of allylic oxidation sites excluding steroid dienone is 1. The normalized spacial score (nSPS) is 14.4. The molecular formula is C16H18FNO3. The van der Waals surface area contributed by atoms with Crippen molar-refractivity contribution in [1.82, 2.24) is 0 Å². The number of benzene rings is 1. The number of amides is 1. The van der Waals surface area contributed by atoms with E-state index in [0.717, 1.165) is 30.9 Å². The van der Waals surface area contributed by atoms with Crippen molar-refractivity contribution in [3.8, 4) is 0 Å². The third kappa shape index (κ3) is 4.70. The van der Waals surface area contributed by atoms with Gasteiger partial charge in [-0.05, 0) is 43.4 Å².